The number of amides is 3. The van der Waals surface area contributed by atoms with Crippen LogP contribution in [0.5, 0.6) is 0 Å². The number of nitrogens with zero attached hydrogens (tertiary/aromatic N) is 3. The summed E-state index contributed by atoms with van der Waals surface area (Å²) in [6, 6.07) is -0.433. The molecule has 1 aromatic rings. The Morgan fingerprint density at radius 1 is 1.50 bits per heavy atom. The van der Waals surface area contributed by atoms with Crippen LogP contribution in [0.15, 0.2) is 12.5 Å². The van der Waals surface area contributed by atoms with Gasteiger partial charge in [0.15, 0.2) is 0 Å². The van der Waals surface area contributed by atoms with Gasteiger partial charge in [0, 0.05) is 30.1 Å². The SMILES string of the molecule is O=C1CCN(c2ncncc2CBr)C(=O)N1. The zero-order chi connectivity index (χ0) is 11.5. The van der Waals surface area contributed by atoms with Crippen molar-refractivity contribution in [2.24, 2.45) is 0 Å². The van der Waals surface area contributed by atoms with Crippen molar-refractivity contribution in [2.45, 2.75) is 11.8 Å². The van der Waals surface area contributed by atoms with Crippen LogP contribution in [0.4, 0.5) is 10.6 Å². The molecule has 1 aliphatic heterocycles. The molecule has 2 rings (SSSR count). The summed E-state index contributed by atoms with van der Waals surface area (Å²) in [5.74, 6) is 0.285. The van der Waals surface area contributed by atoms with Crippen molar-refractivity contribution in [1.82, 2.24) is 15.3 Å². The second-order valence-electron chi connectivity index (χ2n) is 3.26. The van der Waals surface area contributed by atoms with E-state index in [1.54, 1.807) is 6.20 Å². The number of anilines is 1. The highest BCUT2D eigenvalue weighted by Crippen LogP contribution is 2.20. The molecule has 16 heavy (non-hydrogen) atoms. The number of alkyl halides is 1. The average Bonchev–Trinajstić information content (AvgIpc) is 2.29. The maximum Gasteiger partial charge on any atom is 0.329 e. The van der Waals surface area contributed by atoms with Crippen LogP contribution >= 0.6 is 15.9 Å². The lowest BCUT2D eigenvalue weighted by Gasteiger charge is -2.26. The van der Waals surface area contributed by atoms with Gasteiger partial charge in [-0.05, 0) is 0 Å². The number of hydrogen-bond acceptors (Lipinski definition) is 4. The summed E-state index contributed by atoms with van der Waals surface area (Å²) in [6.45, 7) is 0.349. The van der Waals surface area contributed by atoms with Crippen LogP contribution < -0.4 is 10.2 Å². The number of hydrogen-bond donors (Lipinski definition) is 1. The first-order valence-electron chi connectivity index (χ1n) is 4.68. The fourth-order valence-electron chi connectivity index (χ4n) is 1.46. The van der Waals surface area contributed by atoms with E-state index in [2.05, 4.69) is 31.2 Å². The minimum absolute atomic E-state index is 0.254. The Morgan fingerprint density at radius 2 is 2.31 bits per heavy atom. The summed E-state index contributed by atoms with van der Waals surface area (Å²) in [6.07, 6.45) is 3.31. The highest BCUT2D eigenvalue weighted by Gasteiger charge is 2.26. The van der Waals surface area contributed by atoms with E-state index in [0.29, 0.717) is 17.7 Å². The van der Waals surface area contributed by atoms with E-state index in [1.807, 2.05) is 0 Å². The highest BCUT2D eigenvalue weighted by atomic mass is 79.9. The van der Waals surface area contributed by atoms with Crippen molar-refractivity contribution >= 4 is 33.7 Å². The molecular formula is C9H9BrN4O2. The fraction of sp³-hybridized carbons (Fsp3) is 0.333. The monoisotopic (exact) mass is 284 g/mol. The van der Waals surface area contributed by atoms with E-state index in [4.69, 9.17) is 0 Å². The molecule has 3 amide bonds. The molecule has 1 fully saturated rings. The fourth-order valence-corrected chi connectivity index (χ4v) is 1.85. The smallest absolute Gasteiger partial charge is 0.278 e. The molecule has 0 aliphatic carbocycles. The zero-order valence-corrected chi connectivity index (χ0v) is 9.90. The minimum Gasteiger partial charge on any atom is -0.278 e. The van der Waals surface area contributed by atoms with E-state index in [9.17, 15) is 9.59 Å². The summed E-state index contributed by atoms with van der Waals surface area (Å²) in [5, 5.41) is 2.81. The van der Waals surface area contributed by atoms with Gasteiger partial charge in [-0.2, -0.15) is 0 Å². The second kappa shape index (κ2) is 4.56. The first kappa shape index (κ1) is 11.0. The second-order valence-corrected chi connectivity index (χ2v) is 3.82. The van der Waals surface area contributed by atoms with Gasteiger partial charge < -0.3 is 0 Å². The molecule has 0 aromatic carbocycles. The van der Waals surface area contributed by atoms with Crippen LogP contribution in [0.3, 0.4) is 0 Å². The topological polar surface area (TPSA) is 75.2 Å². The maximum absolute atomic E-state index is 11.6. The van der Waals surface area contributed by atoms with Gasteiger partial charge in [0.2, 0.25) is 5.91 Å². The third-order valence-corrected chi connectivity index (χ3v) is 2.82. The van der Waals surface area contributed by atoms with Crippen molar-refractivity contribution in [1.29, 1.82) is 0 Å². The van der Waals surface area contributed by atoms with Gasteiger partial charge in [0.05, 0.1) is 0 Å². The Balaban J connectivity index is 2.30. The van der Waals surface area contributed by atoms with Crippen LogP contribution in [0.1, 0.15) is 12.0 Å². The van der Waals surface area contributed by atoms with Crippen LogP contribution in [-0.4, -0.2) is 28.5 Å². The number of rotatable bonds is 2. The van der Waals surface area contributed by atoms with Gasteiger partial charge in [0.1, 0.15) is 12.1 Å². The molecule has 1 saturated heterocycles. The van der Waals surface area contributed by atoms with E-state index < -0.39 is 6.03 Å². The summed E-state index contributed by atoms with van der Waals surface area (Å²) >= 11 is 3.30. The molecule has 1 aliphatic rings. The molecule has 84 valence electrons. The number of carbonyl (C=O) groups is 2. The lowest BCUT2D eigenvalue weighted by Crippen LogP contribution is -2.50. The normalized spacial score (nSPS) is 16.2. The standard InChI is InChI=1S/C9H9BrN4O2/c10-3-6-4-11-5-12-8(6)14-2-1-7(15)13-9(14)16/h4-5H,1-3H2,(H,13,15,16). The summed E-state index contributed by atoms with van der Waals surface area (Å²) in [7, 11) is 0. The van der Waals surface area contributed by atoms with Crippen molar-refractivity contribution in [2.75, 3.05) is 11.4 Å². The molecule has 1 N–H and O–H groups in total. The van der Waals surface area contributed by atoms with Gasteiger partial charge >= 0.3 is 6.03 Å². The molecular weight excluding hydrogens is 276 g/mol. The minimum atomic E-state index is -0.433. The number of carbonyl (C=O) groups excluding carboxylic acids is 2. The molecule has 6 nitrogen and oxygen atoms in total. The number of urea groups is 1. The van der Waals surface area contributed by atoms with Crippen molar-refractivity contribution in [3.05, 3.63) is 18.1 Å². The summed E-state index contributed by atoms with van der Waals surface area (Å²) < 4.78 is 0. The molecule has 1 aromatic heterocycles. The Morgan fingerprint density at radius 3 is 3.00 bits per heavy atom. The molecule has 0 saturated carbocycles. The van der Waals surface area contributed by atoms with Gasteiger partial charge in [-0.25, -0.2) is 14.8 Å². The molecule has 0 atom stereocenters. The Hall–Kier alpha value is -1.50. The Bertz CT molecular complexity index is 437. The predicted molar refractivity (Wildman–Crippen MR) is 60.2 cm³/mol. The van der Waals surface area contributed by atoms with Crippen molar-refractivity contribution in [3.8, 4) is 0 Å². The van der Waals surface area contributed by atoms with Crippen LogP contribution in [0.2, 0.25) is 0 Å². The van der Waals surface area contributed by atoms with Crippen molar-refractivity contribution in [3.63, 3.8) is 0 Å². The third-order valence-electron chi connectivity index (χ3n) is 2.22. The lowest BCUT2D eigenvalue weighted by molar-refractivity contribution is -0.120. The Kier molecular flexibility index (Phi) is 3.14. The zero-order valence-electron chi connectivity index (χ0n) is 8.31. The first-order chi connectivity index (χ1) is 7.72. The predicted octanol–water partition coefficient (Wildman–Crippen LogP) is 0.818. The molecule has 2 heterocycles. The maximum atomic E-state index is 11.6. The summed E-state index contributed by atoms with van der Waals surface area (Å²) in [5.41, 5.74) is 0.812. The van der Waals surface area contributed by atoms with Gasteiger partial charge in [0.25, 0.3) is 0 Å². The van der Waals surface area contributed by atoms with Gasteiger partial charge in [-0.3, -0.25) is 15.0 Å². The van der Waals surface area contributed by atoms with Crippen LogP contribution in [-0.2, 0) is 10.1 Å². The van der Waals surface area contributed by atoms with E-state index in [1.165, 1.54) is 11.2 Å². The lowest BCUT2D eigenvalue weighted by atomic mass is 10.2. The van der Waals surface area contributed by atoms with Gasteiger partial charge in [-0.15, -0.1) is 0 Å². The number of nitrogens with one attached hydrogen (secondary N) is 1. The van der Waals surface area contributed by atoms with E-state index in [-0.39, 0.29) is 12.3 Å². The number of halogens is 1. The Labute approximate surface area is 100 Å². The number of imide groups is 1. The number of aromatic nitrogens is 2. The molecule has 0 radical (unpaired) electrons. The van der Waals surface area contributed by atoms with E-state index in [0.717, 1.165) is 5.56 Å². The highest BCUT2D eigenvalue weighted by molar-refractivity contribution is 9.08. The molecule has 0 spiro atoms. The summed E-state index contributed by atoms with van der Waals surface area (Å²) in [4.78, 5) is 32.0. The van der Waals surface area contributed by atoms with Gasteiger partial charge in [-0.1, -0.05) is 15.9 Å². The molecule has 0 unspecified atom stereocenters. The third kappa shape index (κ3) is 2.04. The quantitative estimate of drug-likeness (QED) is 0.816. The molecule has 7 heteroatoms. The largest absolute Gasteiger partial charge is 0.329 e. The average molecular weight is 285 g/mol. The molecule has 0 bridgehead atoms. The van der Waals surface area contributed by atoms with Crippen molar-refractivity contribution < 1.29 is 9.59 Å². The first-order valence-corrected chi connectivity index (χ1v) is 5.80. The van der Waals surface area contributed by atoms with E-state index >= 15 is 0 Å². The van der Waals surface area contributed by atoms with Crippen LogP contribution in [0, 0.1) is 0 Å². The van der Waals surface area contributed by atoms with Crippen LogP contribution in [0.25, 0.3) is 0 Å².